The molecule has 0 aromatic heterocycles. The number of rotatable bonds is 4. The first kappa shape index (κ1) is 9.72. The van der Waals surface area contributed by atoms with Gasteiger partial charge in [0, 0.05) is 6.42 Å². The van der Waals surface area contributed by atoms with E-state index in [4.69, 9.17) is 0 Å². The van der Waals surface area contributed by atoms with E-state index in [1.54, 1.807) is 0 Å². The number of hydrogen-bond acceptors (Lipinski definition) is 2. The van der Waals surface area contributed by atoms with Crippen molar-refractivity contribution in [2.75, 3.05) is 14.1 Å². The van der Waals surface area contributed by atoms with E-state index in [1.807, 2.05) is 32.8 Å². The highest BCUT2D eigenvalue weighted by molar-refractivity contribution is 5.87. The lowest BCUT2D eigenvalue weighted by Gasteiger charge is -2.30. The zero-order valence-electron chi connectivity index (χ0n) is 8.55. The minimum Gasteiger partial charge on any atom is -0.298 e. The van der Waals surface area contributed by atoms with Gasteiger partial charge in [0.15, 0.2) is 5.78 Å². The fraction of sp³-hybridized carbons (Fsp3) is 0.900. The molecule has 12 heavy (non-hydrogen) atoms. The van der Waals surface area contributed by atoms with Gasteiger partial charge in [0.1, 0.15) is 0 Å². The average molecular weight is 169 g/mol. The standard InChI is InChI=1S/C10H19NO/c1-10(2,11(3)4)9(12)7-8-5-6-8/h8H,5-7H2,1-4H3. The normalized spacial score (nSPS) is 18.4. The topological polar surface area (TPSA) is 20.3 Å². The van der Waals surface area contributed by atoms with Crippen molar-refractivity contribution in [3.05, 3.63) is 0 Å². The number of nitrogens with zero attached hydrogens (tertiary/aromatic N) is 1. The second kappa shape index (κ2) is 3.17. The summed E-state index contributed by atoms with van der Waals surface area (Å²) in [5.41, 5.74) is -0.275. The molecule has 70 valence electrons. The minimum absolute atomic E-state index is 0.275. The number of hydrogen-bond donors (Lipinski definition) is 0. The lowest BCUT2D eigenvalue weighted by molar-refractivity contribution is -0.128. The first-order chi connectivity index (χ1) is 5.44. The van der Waals surface area contributed by atoms with Crippen molar-refractivity contribution in [1.29, 1.82) is 0 Å². The fourth-order valence-electron chi connectivity index (χ4n) is 1.08. The summed E-state index contributed by atoms with van der Waals surface area (Å²) in [4.78, 5) is 13.7. The van der Waals surface area contributed by atoms with Gasteiger partial charge in [-0.3, -0.25) is 9.69 Å². The molecule has 0 aromatic carbocycles. The lowest BCUT2D eigenvalue weighted by atomic mass is 9.94. The minimum atomic E-state index is -0.275. The quantitative estimate of drug-likeness (QED) is 0.638. The maximum absolute atomic E-state index is 11.7. The van der Waals surface area contributed by atoms with Crippen molar-refractivity contribution >= 4 is 5.78 Å². The first-order valence-corrected chi connectivity index (χ1v) is 4.65. The van der Waals surface area contributed by atoms with Crippen LogP contribution in [0.25, 0.3) is 0 Å². The van der Waals surface area contributed by atoms with Gasteiger partial charge in [0.2, 0.25) is 0 Å². The van der Waals surface area contributed by atoms with Crippen LogP contribution in [-0.4, -0.2) is 30.3 Å². The van der Waals surface area contributed by atoms with E-state index in [2.05, 4.69) is 0 Å². The van der Waals surface area contributed by atoms with Crippen LogP contribution in [0.5, 0.6) is 0 Å². The van der Waals surface area contributed by atoms with Crippen molar-refractivity contribution in [3.8, 4) is 0 Å². The molecule has 0 heterocycles. The highest BCUT2D eigenvalue weighted by Crippen LogP contribution is 2.34. The summed E-state index contributed by atoms with van der Waals surface area (Å²) in [6, 6.07) is 0. The molecule has 1 fully saturated rings. The van der Waals surface area contributed by atoms with Crippen molar-refractivity contribution < 1.29 is 4.79 Å². The summed E-state index contributed by atoms with van der Waals surface area (Å²) in [5, 5.41) is 0. The summed E-state index contributed by atoms with van der Waals surface area (Å²) in [6.45, 7) is 4.00. The molecule has 1 rings (SSSR count). The third-order valence-corrected chi connectivity index (χ3v) is 2.97. The molecule has 0 atom stereocenters. The first-order valence-electron chi connectivity index (χ1n) is 4.65. The molecule has 0 aliphatic heterocycles. The molecule has 1 aliphatic rings. The fourth-order valence-corrected chi connectivity index (χ4v) is 1.08. The molecule has 2 nitrogen and oxygen atoms in total. The van der Waals surface area contributed by atoms with E-state index >= 15 is 0 Å². The Bertz CT molecular complexity index is 180. The van der Waals surface area contributed by atoms with Crippen LogP contribution in [0.15, 0.2) is 0 Å². The molecule has 0 spiro atoms. The van der Waals surface area contributed by atoms with Crippen LogP contribution < -0.4 is 0 Å². The Balaban J connectivity index is 2.47. The van der Waals surface area contributed by atoms with Gasteiger partial charge in [-0.25, -0.2) is 0 Å². The Morgan fingerprint density at radius 2 is 1.92 bits per heavy atom. The number of ketones is 1. The third kappa shape index (κ3) is 2.07. The SMILES string of the molecule is CN(C)C(C)(C)C(=O)CC1CC1. The number of likely N-dealkylation sites (N-methyl/N-ethyl adjacent to an activating group) is 1. The molecule has 0 unspecified atom stereocenters. The Morgan fingerprint density at radius 1 is 1.42 bits per heavy atom. The van der Waals surface area contributed by atoms with Crippen LogP contribution in [0.2, 0.25) is 0 Å². The van der Waals surface area contributed by atoms with Crippen LogP contribution in [0.4, 0.5) is 0 Å². The van der Waals surface area contributed by atoms with E-state index in [0.717, 1.165) is 6.42 Å². The lowest BCUT2D eigenvalue weighted by Crippen LogP contribution is -2.45. The Kier molecular flexibility index (Phi) is 2.57. The average Bonchev–Trinajstić information content (AvgIpc) is 2.71. The zero-order valence-corrected chi connectivity index (χ0v) is 8.55. The van der Waals surface area contributed by atoms with Gasteiger partial charge < -0.3 is 0 Å². The highest BCUT2D eigenvalue weighted by Gasteiger charge is 2.34. The molecule has 0 N–H and O–H groups in total. The van der Waals surface area contributed by atoms with Crippen LogP contribution in [0.3, 0.4) is 0 Å². The van der Waals surface area contributed by atoms with Crippen LogP contribution in [0, 0.1) is 5.92 Å². The second-order valence-corrected chi connectivity index (χ2v) is 4.52. The van der Waals surface area contributed by atoms with E-state index in [-0.39, 0.29) is 5.54 Å². The summed E-state index contributed by atoms with van der Waals surface area (Å²) < 4.78 is 0. The van der Waals surface area contributed by atoms with Crippen molar-refractivity contribution in [3.63, 3.8) is 0 Å². The zero-order chi connectivity index (χ0) is 9.35. The maximum atomic E-state index is 11.7. The summed E-state index contributed by atoms with van der Waals surface area (Å²) in [6.07, 6.45) is 3.30. The van der Waals surface area contributed by atoms with Gasteiger partial charge in [0.05, 0.1) is 5.54 Å². The van der Waals surface area contributed by atoms with Gasteiger partial charge in [0.25, 0.3) is 0 Å². The molecule has 1 saturated carbocycles. The van der Waals surface area contributed by atoms with E-state index in [1.165, 1.54) is 12.8 Å². The maximum Gasteiger partial charge on any atom is 0.152 e. The van der Waals surface area contributed by atoms with Crippen LogP contribution in [0.1, 0.15) is 33.1 Å². The Labute approximate surface area is 74.9 Å². The molecule has 1 aliphatic carbocycles. The summed E-state index contributed by atoms with van der Waals surface area (Å²) in [7, 11) is 3.93. The summed E-state index contributed by atoms with van der Waals surface area (Å²) in [5.74, 6) is 1.09. The molecule has 2 heteroatoms. The monoisotopic (exact) mass is 169 g/mol. The van der Waals surface area contributed by atoms with Gasteiger partial charge in [-0.1, -0.05) is 0 Å². The van der Waals surface area contributed by atoms with Crippen molar-refractivity contribution in [1.82, 2.24) is 4.90 Å². The number of carbonyl (C=O) groups excluding carboxylic acids is 1. The highest BCUT2D eigenvalue weighted by atomic mass is 16.1. The molecule has 0 aromatic rings. The predicted molar refractivity (Wildman–Crippen MR) is 50.1 cm³/mol. The molecular weight excluding hydrogens is 150 g/mol. The van der Waals surface area contributed by atoms with E-state index in [9.17, 15) is 4.79 Å². The molecular formula is C10H19NO. The largest absolute Gasteiger partial charge is 0.298 e. The van der Waals surface area contributed by atoms with Gasteiger partial charge in [-0.15, -0.1) is 0 Å². The molecule has 0 saturated heterocycles. The predicted octanol–water partition coefficient (Wildman–Crippen LogP) is 1.70. The van der Waals surface area contributed by atoms with Crippen LogP contribution >= 0.6 is 0 Å². The van der Waals surface area contributed by atoms with Crippen LogP contribution in [-0.2, 0) is 4.79 Å². The number of carbonyl (C=O) groups is 1. The van der Waals surface area contributed by atoms with Crippen molar-refractivity contribution in [2.24, 2.45) is 5.92 Å². The Morgan fingerprint density at radius 3 is 2.25 bits per heavy atom. The number of Topliss-reactive ketones (excluding diaryl/α,β-unsaturated/α-hetero) is 1. The molecule has 0 amide bonds. The van der Waals surface area contributed by atoms with Gasteiger partial charge in [-0.2, -0.15) is 0 Å². The molecule has 0 radical (unpaired) electrons. The van der Waals surface area contributed by atoms with E-state index in [0.29, 0.717) is 11.7 Å². The molecule has 0 bridgehead atoms. The van der Waals surface area contributed by atoms with Gasteiger partial charge in [-0.05, 0) is 46.7 Å². The Hall–Kier alpha value is -0.370. The summed E-state index contributed by atoms with van der Waals surface area (Å²) >= 11 is 0. The smallest absolute Gasteiger partial charge is 0.152 e. The van der Waals surface area contributed by atoms with E-state index < -0.39 is 0 Å². The second-order valence-electron chi connectivity index (χ2n) is 4.52. The van der Waals surface area contributed by atoms with Gasteiger partial charge >= 0.3 is 0 Å². The van der Waals surface area contributed by atoms with Crippen molar-refractivity contribution in [2.45, 2.75) is 38.6 Å². The third-order valence-electron chi connectivity index (χ3n) is 2.97.